The third-order valence-electron chi connectivity index (χ3n) is 3.54. The molecule has 0 aliphatic carbocycles. The third kappa shape index (κ3) is 4.70. The number of halogens is 3. The summed E-state index contributed by atoms with van der Waals surface area (Å²) >= 11 is 0. The zero-order valence-electron chi connectivity index (χ0n) is 11.5. The van der Waals surface area contributed by atoms with Crippen LogP contribution >= 0.6 is 0 Å². The number of hydrogen-bond donors (Lipinski definition) is 0. The Kier molecular flexibility index (Phi) is 5.17. The van der Waals surface area contributed by atoms with Crippen molar-refractivity contribution in [3.05, 3.63) is 29.6 Å². The van der Waals surface area contributed by atoms with E-state index in [0.29, 0.717) is 18.1 Å². The summed E-state index contributed by atoms with van der Waals surface area (Å²) in [5.74, 6) is 0.392. The van der Waals surface area contributed by atoms with Crippen molar-refractivity contribution in [3.63, 3.8) is 0 Å². The second kappa shape index (κ2) is 6.89. The predicted molar refractivity (Wildman–Crippen MR) is 69.3 cm³/mol. The van der Waals surface area contributed by atoms with E-state index in [1.807, 2.05) is 0 Å². The highest BCUT2D eigenvalue weighted by atomic mass is 19.4. The van der Waals surface area contributed by atoms with Gasteiger partial charge in [0.15, 0.2) is 0 Å². The molecule has 7 heteroatoms. The van der Waals surface area contributed by atoms with Crippen LogP contribution in [0.3, 0.4) is 0 Å². The summed E-state index contributed by atoms with van der Waals surface area (Å²) in [6, 6.07) is 2.34. The molecule has 0 spiro atoms. The summed E-state index contributed by atoms with van der Waals surface area (Å²) in [4.78, 5) is 15.7. The monoisotopic (exact) mass is 302 g/mol. The summed E-state index contributed by atoms with van der Waals surface area (Å²) < 4.78 is 42.6. The summed E-state index contributed by atoms with van der Waals surface area (Å²) in [5, 5.41) is 0. The Balaban J connectivity index is 1.73. The standard InChI is InChI=1S/C14H17F3N2O2/c15-14(16,17)13-2-1-12(7-18-13)9-21-8-11-3-5-19(10-20)6-4-11/h1-2,7,10-11H,3-6,8-9H2. The van der Waals surface area contributed by atoms with Crippen LogP contribution in [0.2, 0.25) is 0 Å². The van der Waals surface area contributed by atoms with Crippen LogP contribution in [0.15, 0.2) is 18.3 Å². The van der Waals surface area contributed by atoms with Gasteiger partial charge in [0.2, 0.25) is 6.41 Å². The second-order valence-corrected chi connectivity index (χ2v) is 5.15. The van der Waals surface area contributed by atoms with Crippen LogP contribution in [0.1, 0.15) is 24.1 Å². The topological polar surface area (TPSA) is 42.4 Å². The zero-order valence-corrected chi connectivity index (χ0v) is 11.5. The average Bonchev–Trinajstić information content (AvgIpc) is 2.47. The Morgan fingerprint density at radius 2 is 2.05 bits per heavy atom. The molecule has 4 nitrogen and oxygen atoms in total. The van der Waals surface area contributed by atoms with E-state index in [9.17, 15) is 18.0 Å². The van der Waals surface area contributed by atoms with Gasteiger partial charge < -0.3 is 9.64 Å². The lowest BCUT2D eigenvalue weighted by Crippen LogP contribution is -2.33. The number of aromatic nitrogens is 1. The van der Waals surface area contributed by atoms with Crippen LogP contribution in [-0.4, -0.2) is 36.0 Å². The molecule has 1 aliphatic rings. The lowest BCUT2D eigenvalue weighted by molar-refractivity contribution is -0.141. The number of hydrogen-bond acceptors (Lipinski definition) is 3. The molecule has 0 atom stereocenters. The Morgan fingerprint density at radius 3 is 2.57 bits per heavy atom. The first-order valence-corrected chi connectivity index (χ1v) is 6.78. The number of piperidine rings is 1. The Morgan fingerprint density at radius 1 is 1.33 bits per heavy atom. The fourth-order valence-corrected chi connectivity index (χ4v) is 2.25. The fraction of sp³-hybridized carbons (Fsp3) is 0.571. The zero-order chi connectivity index (χ0) is 15.3. The van der Waals surface area contributed by atoms with Gasteiger partial charge in [-0.2, -0.15) is 13.2 Å². The van der Waals surface area contributed by atoms with Crippen molar-refractivity contribution < 1.29 is 22.7 Å². The average molecular weight is 302 g/mol. The van der Waals surface area contributed by atoms with Gasteiger partial charge in [-0.15, -0.1) is 0 Å². The Bertz CT molecular complexity index is 454. The lowest BCUT2D eigenvalue weighted by atomic mass is 9.98. The van der Waals surface area contributed by atoms with E-state index < -0.39 is 11.9 Å². The number of ether oxygens (including phenoxy) is 1. The predicted octanol–water partition coefficient (Wildman–Crippen LogP) is 2.49. The van der Waals surface area contributed by atoms with Crippen molar-refractivity contribution >= 4 is 6.41 Å². The molecule has 1 aromatic heterocycles. The van der Waals surface area contributed by atoms with E-state index in [4.69, 9.17) is 4.74 Å². The molecule has 0 saturated carbocycles. The molecule has 116 valence electrons. The molecule has 1 amide bonds. The molecule has 0 N–H and O–H groups in total. The highest BCUT2D eigenvalue weighted by Gasteiger charge is 2.32. The van der Waals surface area contributed by atoms with E-state index in [1.54, 1.807) is 4.90 Å². The van der Waals surface area contributed by atoms with E-state index >= 15 is 0 Å². The smallest absolute Gasteiger partial charge is 0.376 e. The van der Waals surface area contributed by atoms with Crippen molar-refractivity contribution in [2.24, 2.45) is 5.92 Å². The molecular weight excluding hydrogens is 285 g/mol. The maximum Gasteiger partial charge on any atom is 0.433 e. The number of rotatable bonds is 5. The van der Waals surface area contributed by atoms with Crippen LogP contribution in [0.4, 0.5) is 13.2 Å². The number of pyridine rings is 1. The van der Waals surface area contributed by atoms with Crippen LogP contribution in [0, 0.1) is 5.92 Å². The maximum absolute atomic E-state index is 12.4. The lowest BCUT2D eigenvalue weighted by Gasteiger charge is -2.28. The van der Waals surface area contributed by atoms with E-state index in [0.717, 1.165) is 38.4 Å². The first-order valence-electron chi connectivity index (χ1n) is 6.78. The first kappa shape index (κ1) is 15.8. The molecule has 2 heterocycles. The number of likely N-dealkylation sites (tertiary alicyclic amines) is 1. The minimum absolute atomic E-state index is 0.249. The largest absolute Gasteiger partial charge is 0.433 e. The molecule has 0 aromatic carbocycles. The van der Waals surface area contributed by atoms with Gasteiger partial charge in [0.25, 0.3) is 0 Å². The number of amides is 1. The van der Waals surface area contributed by atoms with Gasteiger partial charge in [-0.05, 0) is 30.4 Å². The minimum atomic E-state index is -4.41. The highest BCUT2D eigenvalue weighted by Crippen LogP contribution is 2.27. The van der Waals surface area contributed by atoms with Gasteiger partial charge in [-0.25, -0.2) is 0 Å². The van der Waals surface area contributed by atoms with E-state index in [1.165, 1.54) is 12.3 Å². The van der Waals surface area contributed by atoms with Gasteiger partial charge in [-0.3, -0.25) is 9.78 Å². The van der Waals surface area contributed by atoms with Crippen LogP contribution < -0.4 is 0 Å². The number of carbonyl (C=O) groups excluding carboxylic acids is 1. The van der Waals surface area contributed by atoms with Gasteiger partial charge in [-0.1, -0.05) is 6.07 Å². The highest BCUT2D eigenvalue weighted by molar-refractivity contribution is 5.47. The fourth-order valence-electron chi connectivity index (χ4n) is 2.25. The number of nitrogens with zero attached hydrogens (tertiary/aromatic N) is 2. The summed E-state index contributed by atoms with van der Waals surface area (Å²) in [6.45, 7) is 2.27. The molecule has 1 saturated heterocycles. The van der Waals surface area contributed by atoms with Gasteiger partial charge in [0, 0.05) is 25.9 Å². The van der Waals surface area contributed by atoms with Gasteiger partial charge >= 0.3 is 6.18 Å². The molecule has 1 fully saturated rings. The maximum atomic E-state index is 12.4. The first-order chi connectivity index (χ1) is 9.99. The normalized spacial score (nSPS) is 17.0. The molecule has 2 rings (SSSR count). The van der Waals surface area contributed by atoms with E-state index in [-0.39, 0.29) is 6.61 Å². The van der Waals surface area contributed by atoms with Crippen LogP contribution in [0.5, 0.6) is 0 Å². The molecule has 0 bridgehead atoms. The number of alkyl halides is 3. The van der Waals surface area contributed by atoms with Crippen molar-refractivity contribution in [2.75, 3.05) is 19.7 Å². The van der Waals surface area contributed by atoms with E-state index in [2.05, 4.69) is 4.98 Å². The molecule has 1 aromatic rings. The Labute approximate surface area is 120 Å². The van der Waals surface area contributed by atoms with Crippen LogP contribution in [0.25, 0.3) is 0 Å². The molecular formula is C14H17F3N2O2. The SMILES string of the molecule is O=CN1CCC(COCc2ccc(C(F)(F)F)nc2)CC1. The second-order valence-electron chi connectivity index (χ2n) is 5.15. The van der Waals surface area contributed by atoms with Crippen molar-refractivity contribution in [1.82, 2.24) is 9.88 Å². The quantitative estimate of drug-likeness (QED) is 0.785. The molecule has 0 unspecified atom stereocenters. The molecule has 21 heavy (non-hydrogen) atoms. The third-order valence-corrected chi connectivity index (χ3v) is 3.54. The van der Waals surface area contributed by atoms with Crippen molar-refractivity contribution in [2.45, 2.75) is 25.6 Å². The Hall–Kier alpha value is -1.63. The van der Waals surface area contributed by atoms with Gasteiger partial charge in [0.1, 0.15) is 5.69 Å². The summed E-state index contributed by atoms with van der Waals surface area (Å²) in [7, 11) is 0. The summed E-state index contributed by atoms with van der Waals surface area (Å²) in [5.41, 5.74) is -0.277. The summed E-state index contributed by atoms with van der Waals surface area (Å²) in [6.07, 6.45) is -0.581. The minimum Gasteiger partial charge on any atom is -0.376 e. The number of carbonyl (C=O) groups is 1. The van der Waals surface area contributed by atoms with Crippen molar-refractivity contribution in [3.8, 4) is 0 Å². The molecule has 0 radical (unpaired) electrons. The van der Waals surface area contributed by atoms with Gasteiger partial charge in [0.05, 0.1) is 6.61 Å². The van der Waals surface area contributed by atoms with Crippen LogP contribution in [-0.2, 0) is 22.3 Å². The molecule has 1 aliphatic heterocycles. The van der Waals surface area contributed by atoms with Crippen molar-refractivity contribution in [1.29, 1.82) is 0 Å².